The Bertz CT molecular complexity index is 1140. The number of aryl methyl sites for hydroxylation is 1. The molecule has 34 heavy (non-hydrogen) atoms. The highest BCUT2D eigenvalue weighted by atomic mass is 35.5. The first-order chi connectivity index (χ1) is 16.2. The molecule has 0 bridgehead atoms. The quantitative estimate of drug-likeness (QED) is 0.413. The van der Waals surface area contributed by atoms with Gasteiger partial charge < -0.3 is 20.1 Å². The molecule has 1 aliphatic rings. The molecule has 3 heterocycles. The zero-order valence-corrected chi connectivity index (χ0v) is 22.0. The van der Waals surface area contributed by atoms with Crippen LogP contribution in [0.4, 0.5) is 5.82 Å². The van der Waals surface area contributed by atoms with Crippen molar-refractivity contribution in [3.63, 3.8) is 0 Å². The van der Waals surface area contributed by atoms with Crippen molar-refractivity contribution in [3.05, 3.63) is 39.6 Å². The summed E-state index contributed by atoms with van der Waals surface area (Å²) in [6.07, 6.45) is 2.11. The van der Waals surface area contributed by atoms with Crippen LogP contribution in [0.25, 0.3) is 16.8 Å². The predicted octanol–water partition coefficient (Wildman–Crippen LogP) is 5.50. The molecule has 2 aromatic heterocycles. The number of nitrogens with one attached hydrogen (secondary N) is 2. The Hall–Kier alpha value is -2.06. The summed E-state index contributed by atoms with van der Waals surface area (Å²) in [4.78, 5) is 5.01. The molecule has 1 aromatic carbocycles. The Morgan fingerprint density at radius 2 is 1.76 bits per heavy atom. The highest BCUT2D eigenvalue weighted by Crippen LogP contribution is 2.42. The fourth-order valence-electron chi connectivity index (χ4n) is 4.20. The van der Waals surface area contributed by atoms with Crippen molar-refractivity contribution in [2.75, 3.05) is 38.7 Å². The summed E-state index contributed by atoms with van der Waals surface area (Å²) in [6.45, 7) is 11.7. The Morgan fingerprint density at radius 3 is 2.38 bits per heavy atom. The first-order valence-corrected chi connectivity index (χ1v) is 12.4. The molecule has 0 radical (unpaired) electrons. The van der Waals surface area contributed by atoms with Gasteiger partial charge in [0.25, 0.3) is 0 Å². The van der Waals surface area contributed by atoms with Crippen LogP contribution in [-0.4, -0.2) is 54.1 Å². The van der Waals surface area contributed by atoms with Crippen molar-refractivity contribution >= 4 is 34.7 Å². The minimum atomic E-state index is -0.151. The number of methoxy groups -OCH3 is 1. The zero-order chi connectivity index (χ0) is 24.5. The van der Waals surface area contributed by atoms with Crippen LogP contribution in [0.2, 0.25) is 10.0 Å². The standard InChI is InChI=1S/C25H33Cl2N5O2/c1-15-22(23-18(26)12-17(33-5)13-19(23)27)24-30-20(25(2,3)4)14-21(32(24)31-15)29-9-8-28-16-6-10-34-11-7-16/h12-14,16,28-29H,6-11H2,1-5H3. The number of hydrogen-bond acceptors (Lipinski definition) is 6. The molecule has 184 valence electrons. The summed E-state index contributed by atoms with van der Waals surface area (Å²) in [5.74, 6) is 1.49. The second kappa shape index (κ2) is 10.3. The van der Waals surface area contributed by atoms with Crippen molar-refractivity contribution in [2.45, 2.75) is 52.0 Å². The molecule has 0 spiro atoms. The fourth-order valence-corrected chi connectivity index (χ4v) is 4.86. The molecular weight excluding hydrogens is 473 g/mol. The maximum absolute atomic E-state index is 6.66. The Kier molecular flexibility index (Phi) is 7.57. The maximum atomic E-state index is 6.66. The molecule has 1 fully saturated rings. The van der Waals surface area contributed by atoms with Crippen molar-refractivity contribution in [2.24, 2.45) is 0 Å². The third-order valence-electron chi connectivity index (χ3n) is 6.12. The molecule has 9 heteroatoms. The molecule has 0 atom stereocenters. The van der Waals surface area contributed by atoms with E-state index in [0.717, 1.165) is 67.6 Å². The van der Waals surface area contributed by atoms with Gasteiger partial charge >= 0.3 is 0 Å². The highest BCUT2D eigenvalue weighted by Gasteiger charge is 2.25. The summed E-state index contributed by atoms with van der Waals surface area (Å²) in [7, 11) is 1.59. The monoisotopic (exact) mass is 505 g/mol. The largest absolute Gasteiger partial charge is 0.497 e. The molecule has 1 aliphatic heterocycles. The lowest BCUT2D eigenvalue weighted by atomic mass is 9.92. The Balaban J connectivity index is 1.71. The minimum absolute atomic E-state index is 0.151. The third-order valence-corrected chi connectivity index (χ3v) is 6.72. The second-order valence-electron chi connectivity index (χ2n) is 9.71. The maximum Gasteiger partial charge on any atom is 0.165 e. The SMILES string of the molecule is COc1cc(Cl)c(-c2c(C)nn3c(NCCNC4CCOCC4)cc(C(C)(C)C)nc23)c(Cl)c1. The van der Waals surface area contributed by atoms with Gasteiger partial charge in [-0.05, 0) is 31.9 Å². The fraction of sp³-hybridized carbons (Fsp3) is 0.520. The number of anilines is 1. The molecule has 0 saturated carbocycles. The van der Waals surface area contributed by atoms with Crippen LogP contribution in [0, 0.1) is 6.92 Å². The van der Waals surface area contributed by atoms with Gasteiger partial charge in [0.2, 0.25) is 0 Å². The van der Waals surface area contributed by atoms with E-state index in [-0.39, 0.29) is 5.41 Å². The van der Waals surface area contributed by atoms with Gasteiger partial charge in [-0.25, -0.2) is 4.98 Å². The van der Waals surface area contributed by atoms with Crippen LogP contribution < -0.4 is 15.4 Å². The highest BCUT2D eigenvalue weighted by molar-refractivity contribution is 6.39. The number of aromatic nitrogens is 3. The molecular formula is C25H33Cl2N5O2. The molecule has 0 amide bonds. The first kappa shape index (κ1) is 25.0. The predicted molar refractivity (Wildman–Crippen MR) is 139 cm³/mol. The van der Waals surface area contributed by atoms with E-state index < -0.39 is 0 Å². The number of rotatable bonds is 7. The van der Waals surface area contributed by atoms with Gasteiger partial charge in [-0.1, -0.05) is 44.0 Å². The van der Waals surface area contributed by atoms with E-state index in [1.54, 1.807) is 19.2 Å². The molecule has 0 aliphatic carbocycles. The van der Waals surface area contributed by atoms with Gasteiger partial charge in [-0.3, -0.25) is 0 Å². The van der Waals surface area contributed by atoms with E-state index in [1.807, 2.05) is 11.4 Å². The molecule has 7 nitrogen and oxygen atoms in total. The van der Waals surface area contributed by atoms with Crippen LogP contribution in [0.1, 0.15) is 45.0 Å². The van der Waals surface area contributed by atoms with Crippen molar-refractivity contribution in [3.8, 4) is 16.9 Å². The van der Waals surface area contributed by atoms with E-state index in [2.05, 4.69) is 37.5 Å². The van der Waals surface area contributed by atoms with Gasteiger partial charge in [0.1, 0.15) is 11.6 Å². The lowest BCUT2D eigenvalue weighted by Gasteiger charge is -2.23. The van der Waals surface area contributed by atoms with E-state index >= 15 is 0 Å². The minimum Gasteiger partial charge on any atom is -0.497 e. The molecule has 0 unspecified atom stereocenters. The number of fused-ring (bicyclic) bond motifs is 1. The Labute approximate surface area is 211 Å². The van der Waals surface area contributed by atoms with E-state index in [0.29, 0.717) is 27.4 Å². The number of benzene rings is 1. The third kappa shape index (κ3) is 5.28. The van der Waals surface area contributed by atoms with Gasteiger partial charge in [-0.2, -0.15) is 9.61 Å². The van der Waals surface area contributed by atoms with Crippen molar-refractivity contribution < 1.29 is 9.47 Å². The average molecular weight is 506 g/mol. The smallest absolute Gasteiger partial charge is 0.165 e. The summed E-state index contributed by atoms with van der Waals surface area (Å²) in [5, 5.41) is 13.0. The number of halogens is 2. The zero-order valence-electron chi connectivity index (χ0n) is 20.5. The van der Waals surface area contributed by atoms with E-state index in [1.165, 1.54) is 0 Å². The molecule has 4 rings (SSSR count). The molecule has 3 aromatic rings. The van der Waals surface area contributed by atoms with Gasteiger partial charge in [0, 0.05) is 49.4 Å². The van der Waals surface area contributed by atoms with Crippen LogP contribution in [0.3, 0.4) is 0 Å². The van der Waals surface area contributed by atoms with Crippen molar-refractivity contribution in [1.29, 1.82) is 0 Å². The lowest BCUT2D eigenvalue weighted by Crippen LogP contribution is -2.37. The van der Waals surface area contributed by atoms with Gasteiger partial charge in [-0.15, -0.1) is 0 Å². The van der Waals surface area contributed by atoms with Gasteiger partial charge in [0.05, 0.1) is 34.1 Å². The van der Waals surface area contributed by atoms with Gasteiger partial charge in [0.15, 0.2) is 5.65 Å². The van der Waals surface area contributed by atoms with Crippen LogP contribution in [-0.2, 0) is 10.2 Å². The van der Waals surface area contributed by atoms with E-state index in [4.69, 9.17) is 42.8 Å². The number of hydrogen-bond donors (Lipinski definition) is 2. The van der Waals surface area contributed by atoms with E-state index in [9.17, 15) is 0 Å². The molecule has 1 saturated heterocycles. The van der Waals surface area contributed by atoms with Crippen LogP contribution >= 0.6 is 23.2 Å². The average Bonchev–Trinajstić information content (AvgIpc) is 3.12. The number of ether oxygens (including phenoxy) is 2. The summed E-state index contributed by atoms with van der Waals surface area (Å²) >= 11 is 13.3. The number of nitrogens with zero attached hydrogens (tertiary/aromatic N) is 3. The van der Waals surface area contributed by atoms with Crippen LogP contribution in [0.15, 0.2) is 18.2 Å². The Morgan fingerprint density at radius 1 is 1.09 bits per heavy atom. The first-order valence-electron chi connectivity index (χ1n) is 11.7. The normalized spacial score (nSPS) is 15.1. The summed E-state index contributed by atoms with van der Waals surface area (Å²) < 4.78 is 12.6. The molecule has 2 N–H and O–H groups in total. The van der Waals surface area contributed by atoms with Crippen LogP contribution in [0.5, 0.6) is 5.75 Å². The summed E-state index contributed by atoms with van der Waals surface area (Å²) in [5.41, 5.74) is 3.87. The second-order valence-corrected chi connectivity index (χ2v) is 10.5. The lowest BCUT2D eigenvalue weighted by molar-refractivity contribution is 0.0784. The van der Waals surface area contributed by atoms with Crippen molar-refractivity contribution in [1.82, 2.24) is 19.9 Å². The summed E-state index contributed by atoms with van der Waals surface area (Å²) in [6, 6.07) is 6.12. The topological polar surface area (TPSA) is 72.7 Å².